The lowest BCUT2D eigenvalue weighted by atomic mass is 10.2. The smallest absolute Gasteiger partial charge is 0.335 e. The molecule has 22 heavy (non-hydrogen) atoms. The highest BCUT2D eigenvalue weighted by Crippen LogP contribution is 2.32. The van der Waals surface area contributed by atoms with Gasteiger partial charge in [-0.05, 0) is 36.4 Å². The number of fused-ring (bicyclic) bond motifs is 1. The zero-order valence-electron chi connectivity index (χ0n) is 12.1. The van der Waals surface area contributed by atoms with Crippen LogP contribution >= 0.6 is 0 Å². The van der Waals surface area contributed by atoms with Crippen LogP contribution in [0.25, 0.3) is 22.4 Å². The van der Waals surface area contributed by atoms with E-state index in [2.05, 4.69) is 9.97 Å². The van der Waals surface area contributed by atoms with E-state index in [1.807, 2.05) is 12.1 Å². The Balaban J connectivity index is 2.08. The van der Waals surface area contributed by atoms with Gasteiger partial charge in [-0.2, -0.15) is 0 Å². The van der Waals surface area contributed by atoms with Crippen LogP contribution in [0.5, 0.6) is 11.5 Å². The second kappa shape index (κ2) is 5.40. The third kappa shape index (κ3) is 2.35. The van der Waals surface area contributed by atoms with Crippen molar-refractivity contribution in [3.05, 3.63) is 42.0 Å². The minimum Gasteiger partial charge on any atom is -0.493 e. The molecule has 0 saturated carbocycles. The number of H-pyrrole nitrogens is 1. The topological polar surface area (TPSA) is 84.4 Å². The van der Waals surface area contributed by atoms with Gasteiger partial charge >= 0.3 is 5.97 Å². The molecule has 0 aliphatic rings. The van der Waals surface area contributed by atoms with Gasteiger partial charge in [0.05, 0.1) is 30.8 Å². The number of carboxylic acid groups (broad SMARTS) is 1. The van der Waals surface area contributed by atoms with Gasteiger partial charge in [-0.3, -0.25) is 0 Å². The number of imidazole rings is 1. The van der Waals surface area contributed by atoms with Crippen LogP contribution in [0, 0.1) is 0 Å². The summed E-state index contributed by atoms with van der Waals surface area (Å²) in [5.74, 6) is 0.901. The van der Waals surface area contributed by atoms with Crippen LogP contribution in [0.4, 0.5) is 0 Å². The standard InChI is InChI=1S/C16H14N2O4/c1-21-13-6-4-9(8-14(13)22-2)15-17-11-5-3-10(16(19)20)7-12(11)18-15/h3-8H,1-2H3,(H,17,18)(H,19,20). The molecule has 0 radical (unpaired) electrons. The number of nitrogens with zero attached hydrogens (tertiary/aromatic N) is 1. The molecule has 6 nitrogen and oxygen atoms in total. The van der Waals surface area contributed by atoms with Crippen molar-refractivity contribution in [2.45, 2.75) is 0 Å². The lowest BCUT2D eigenvalue weighted by molar-refractivity contribution is 0.0697. The van der Waals surface area contributed by atoms with Gasteiger partial charge in [-0.1, -0.05) is 0 Å². The molecular formula is C16H14N2O4. The summed E-state index contributed by atoms with van der Waals surface area (Å²) in [7, 11) is 3.14. The molecule has 0 spiro atoms. The number of hydrogen-bond acceptors (Lipinski definition) is 4. The van der Waals surface area contributed by atoms with Crippen LogP contribution < -0.4 is 9.47 Å². The third-order valence-corrected chi connectivity index (χ3v) is 3.39. The second-order valence-electron chi connectivity index (χ2n) is 4.69. The molecule has 0 fully saturated rings. The van der Waals surface area contributed by atoms with E-state index >= 15 is 0 Å². The predicted octanol–water partition coefficient (Wildman–Crippen LogP) is 2.95. The maximum Gasteiger partial charge on any atom is 0.335 e. The van der Waals surface area contributed by atoms with E-state index in [0.717, 1.165) is 11.1 Å². The van der Waals surface area contributed by atoms with Gasteiger partial charge < -0.3 is 19.6 Å². The molecule has 3 rings (SSSR count). The third-order valence-electron chi connectivity index (χ3n) is 3.39. The molecule has 2 N–H and O–H groups in total. The summed E-state index contributed by atoms with van der Waals surface area (Å²) in [4.78, 5) is 18.6. The highest BCUT2D eigenvalue weighted by Gasteiger charge is 2.11. The summed E-state index contributed by atoms with van der Waals surface area (Å²) in [6.07, 6.45) is 0. The monoisotopic (exact) mass is 298 g/mol. The van der Waals surface area contributed by atoms with Crippen molar-refractivity contribution in [2.75, 3.05) is 14.2 Å². The van der Waals surface area contributed by atoms with Gasteiger partial charge in [-0.15, -0.1) is 0 Å². The lowest BCUT2D eigenvalue weighted by Crippen LogP contribution is -1.94. The number of methoxy groups -OCH3 is 2. The molecule has 0 saturated heterocycles. The minimum atomic E-state index is -0.974. The fourth-order valence-corrected chi connectivity index (χ4v) is 2.26. The highest BCUT2D eigenvalue weighted by molar-refractivity contribution is 5.93. The average Bonchev–Trinajstić information content (AvgIpc) is 2.97. The van der Waals surface area contributed by atoms with E-state index in [4.69, 9.17) is 14.6 Å². The Morgan fingerprint density at radius 1 is 1.09 bits per heavy atom. The Kier molecular flexibility index (Phi) is 3.42. The number of ether oxygens (including phenoxy) is 2. The van der Waals surface area contributed by atoms with Crippen LogP contribution in [0.2, 0.25) is 0 Å². The molecule has 6 heteroatoms. The first-order valence-corrected chi connectivity index (χ1v) is 6.58. The molecule has 0 aliphatic carbocycles. The molecular weight excluding hydrogens is 284 g/mol. The van der Waals surface area contributed by atoms with E-state index in [-0.39, 0.29) is 5.56 Å². The Hall–Kier alpha value is -3.02. The first-order valence-electron chi connectivity index (χ1n) is 6.58. The number of rotatable bonds is 4. The van der Waals surface area contributed by atoms with Crippen molar-refractivity contribution < 1.29 is 19.4 Å². The van der Waals surface area contributed by atoms with E-state index in [1.54, 1.807) is 38.5 Å². The minimum absolute atomic E-state index is 0.206. The Morgan fingerprint density at radius 2 is 1.86 bits per heavy atom. The molecule has 112 valence electrons. The summed E-state index contributed by atoms with van der Waals surface area (Å²) in [6.45, 7) is 0. The molecule has 1 heterocycles. The SMILES string of the molecule is COc1ccc(-c2nc3cc(C(=O)O)ccc3[nH]2)cc1OC. The van der Waals surface area contributed by atoms with Gasteiger partial charge in [0, 0.05) is 5.56 Å². The molecule has 0 amide bonds. The van der Waals surface area contributed by atoms with Crippen LogP contribution in [-0.4, -0.2) is 35.3 Å². The molecule has 0 unspecified atom stereocenters. The van der Waals surface area contributed by atoms with Gasteiger partial charge in [0.25, 0.3) is 0 Å². The van der Waals surface area contributed by atoms with Crippen molar-refractivity contribution in [1.82, 2.24) is 9.97 Å². The summed E-state index contributed by atoms with van der Waals surface area (Å²) >= 11 is 0. The molecule has 1 aromatic heterocycles. The largest absolute Gasteiger partial charge is 0.493 e. The lowest BCUT2D eigenvalue weighted by Gasteiger charge is -2.08. The Bertz CT molecular complexity index is 854. The number of aromatic nitrogens is 2. The normalized spacial score (nSPS) is 10.6. The molecule has 0 aliphatic heterocycles. The second-order valence-corrected chi connectivity index (χ2v) is 4.69. The number of benzene rings is 2. The quantitative estimate of drug-likeness (QED) is 0.773. The molecule has 0 bridgehead atoms. The van der Waals surface area contributed by atoms with E-state index in [0.29, 0.717) is 22.8 Å². The van der Waals surface area contributed by atoms with Gasteiger partial charge in [-0.25, -0.2) is 9.78 Å². The van der Waals surface area contributed by atoms with Gasteiger partial charge in [0.1, 0.15) is 5.82 Å². The fourth-order valence-electron chi connectivity index (χ4n) is 2.26. The summed E-state index contributed by atoms with van der Waals surface area (Å²) < 4.78 is 10.5. The maximum atomic E-state index is 11.0. The number of carboxylic acids is 1. The van der Waals surface area contributed by atoms with Gasteiger partial charge in [0.2, 0.25) is 0 Å². The number of carbonyl (C=O) groups is 1. The predicted molar refractivity (Wildman–Crippen MR) is 81.6 cm³/mol. The maximum absolute atomic E-state index is 11.0. The van der Waals surface area contributed by atoms with Gasteiger partial charge in [0.15, 0.2) is 11.5 Å². The first kappa shape index (κ1) is 13.9. The number of nitrogens with one attached hydrogen (secondary N) is 1. The highest BCUT2D eigenvalue weighted by atomic mass is 16.5. The zero-order valence-corrected chi connectivity index (χ0v) is 12.1. The fraction of sp³-hybridized carbons (Fsp3) is 0.125. The summed E-state index contributed by atoms with van der Waals surface area (Å²) in [5, 5.41) is 9.03. The van der Waals surface area contributed by atoms with Crippen molar-refractivity contribution in [2.24, 2.45) is 0 Å². The van der Waals surface area contributed by atoms with E-state index in [1.165, 1.54) is 0 Å². The summed E-state index contributed by atoms with van der Waals surface area (Å²) in [6, 6.07) is 10.3. The van der Waals surface area contributed by atoms with Crippen molar-refractivity contribution in [3.8, 4) is 22.9 Å². The molecule has 3 aromatic rings. The van der Waals surface area contributed by atoms with E-state index in [9.17, 15) is 4.79 Å². The van der Waals surface area contributed by atoms with Crippen LogP contribution in [-0.2, 0) is 0 Å². The molecule has 0 atom stereocenters. The molecule has 2 aromatic carbocycles. The number of hydrogen-bond donors (Lipinski definition) is 2. The van der Waals surface area contributed by atoms with Crippen LogP contribution in [0.1, 0.15) is 10.4 Å². The van der Waals surface area contributed by atoms with Crippen molar-refractivity contribution >= 4 is 17.0 Å². The average molecular weight is 298 g/mol. The Morgan fingerprint density at radius 3 is 2.55 bits per heavy atom. The van der Waals surface area contributed by atoms with E-state index < -0.39 is 5.97 Å². The van der Waals surface area contributed by atoms with Crippen molar-refractivity contribution in [3.63, 3.8) is 0 Å². The number of aromatic amines is 1. The zero-order chi connectivity index (χ0) is 15.7. The number of aromatic carboxylic acids is 1. The first-order chi connectivity index (χ1) is 10.6. The van der Waals surface area contributed by atoms with Crippen LogP contribution in [0.3, 0.4) is 0 Å². The Labute approximate surface area is 126 Å². The van der Waals surface area contributed by atoms with Crippen molar-refractivity contribution in [1.29, 1.82) is 0 Å². The van der Waals surface area contributed by atoms with Crippen LogP contribution in [0.15, 0.2) is 36.4 Å². The summed E-state index contributed by atoms with van der Waals surface area (Å²) in [5.41, 5.74) is 2.41.